The molecule has 0 fully saturated rings. The van der Waals surface area contributed by atoms with Crippen LogP contribution >= 0.6 is 0 Å². The zero-order valence-electron chi connectivity index (χ0n) is 40.0. The van der Waals surface area contributed by atoms with Crippen molar-refractivity contribution in [3.63, 3.8) is 0 Å². The molecule has 0 aliphatic rings. The first-order chi connectivity index (χ1) is 35.9. The minimum absolute atomic E-state index is 0.0244. The summed E-state index contributed by atoms with van der Waals surface area (Å²) < 4.78 is 97.3. The highest BCUT2D eigenvalue weighted by molar-refractivity contribution is 6.00. The van der Waals surface area contributed by atoms with Crippen molar-refractivity contribution in [2.24, 2.45) is 71.6 Å². The van der Waals surface area contributed by atoms with E-state index in [9.17, 15) is 60.2 Å². The Labute approximate surface area is 429 Å². The lowest BCUT2D eigenvalue weighted by molar-refractivity contribution is -0.142. The van der Waals surface area contributed by atoms with Gasteiger partial charge < -0.3 is 97.7 Å². The normalized spacial score (nSPS) is 13.5. The molecule has 4 aromatic rings. The zero-order valence-corrected chi connectivity index (χ0v) is 40.0. The Morgan fingerprint density at radius 1 is 0.597 bits per heavy atom. The molecule has 0 saturated heterocycles. The number of carbonyl (C=O) groups is 6. The molecule has 6 amide bonds. The maximum atomic E-state index is 14.5. The molecule has 6 unspecified atom stereocenters. The van der Waals surface area contributed by atoms with E-state index in [4.69, 9.17) is 61.1 Å². The highest BCUT2D eigenvalue weighted by atomic mass is 19.4. The van der Waals surface area contributed by atoms with Gasteiger partial charge in [0.25, 0.3) is 29.5 Å². The number of para-hydroxylation sites is 1. The number of nitrogens with two attached hydrogens (primary N) is 9. The van der Waals surface area contributed by atoms with E-state index < -0.39 is 143 Å². The van der Waals surface area contributed by atoms with Crippen LogP contribution in [0.5, 0.6) is 11.5 Å². The Kier molecular flexibility index (Phi) is 19.5. The number of guanidine groups is 4. The molecule has 0 aliphatic heterocycles. The second kappa shape index (κ2) is 25.2. The monoisotopic (exact) mass is 1090 g/mol. The largest absolute Gasteiger partial charge is 0.497 e. The molecule has 414 valence electrons. The van der Waals surface area contributed by atoms with Gasteiger partial charge in [-0.2, -0.15) is 26.3 Å². The number of hydrogen-bond donors (Lipinski definition) is 15. The number of anilines is 1. The van der Waals surface area contributed by atoms with Gasteiger partial charge in [0, 0.05) is 23.6 Å². The van der Waals surface area contributed by atoms with Crippen LogP contribution in [0, 0.1) is 0 Å². The van der Waals surface area contributed by atoms with Gasteiger partial charge >= 0.3 is 12.4 Å². The maximum absolute atomic E-state index is 14.5. The first-order valence-corrected chi connectivity index (χ1v) is 21.4. The number of nitrogens with zero attached hydrogens (tertiary/aromatic N) is 6. The van der Waals surface area contributed by atoms with Gasteiger partial charge in [-0.05, 0) is 29.8 Å². The Bertz CT molecular complexity index is 2970. The predicted molar refractivity (Wildman–Crippen MR) is 261 cm³/mol. The van der Waals surface area contributed by atoms with E-state index in [0.717, 1.165) is 12.1 Å². The number of methoxy groups -OCH3 is 2. The quantitative estimate of drug-likeness (QED) is 0.0154. The summed E-state index contributed by atoms with van der Waals surface area (Å²) in [5, 5.41) is 21.6. The molecule has 6 atom stereocenters. The molecule has 0 spiro atoms. The Morgan fingerprint density at radius 3 is 1.55 bits per heavy atom. The van der Waals surface area contributed by atoms with E-state index in [0.29, 0.717) is 17.0 Å². The third-order valence-corrected chi connectivity index (χ3v) is 10.0. The van der Waals surface area contributed by atoms with Crippen LogP contribution in [0.15, 0.2) is 92.8 Å². The second-order valence-electron chi connectivity index (χ2n) is 15.5. The minimum atomic E-state index is -5.40. The van der Waals surface area contributed by atoms with E-state index in [1.54, 1.807) is 0 Å². The third kappa shape index (κ3) is 16.2. The summed E-state index contributed by atoms with van der Waals surface area (Å²) in [6.45, 7) is -0.795. The van der Waals surface area contributed by atoms with Gasteiger partial charge in [-0.25, -0.2) is 25.0 Å². The zero-order chi connectivity index (χ0) is 57.7. The highest BCUT2D eigenvalue weighted by Crippen LogP contribution is 2.41. The third-order valence-electron chi connectivity index (χ3n) is 10.0. The Balaban J connectivity index is 1.79. The van der Waals surface area contributed by atoms with Crippen LogP contribution < -0.4 is 92.6 Å². The number of amides is 6. The van der Waals surface area contributed by atoms with Gasteiger partial charge in [-0.3, -0.25) is 28.8 Å². The molecule has 0 aliphatic carbocycles. The number of aliphatic hydroxyl groups excluding tert-OH is 1. The number of carbonyl (C=O) groups excluding carboxylic acids is 6. The van der Waals surface area contributed by atoms with Crippen molar-refractivity contribution in [2.75, 3.05) is 19.1 Å². The van der Waals surface area contributed by atoms with Crippen LogP contribution in [0.4, 0.5) is 32.0 Å². The molecule has 0 bridgehead atoms. The summed E-state index contributed by atoms with van der Waals surface area (Å²) in [5.74, 6) is -11.9. The van der Waals surface area contributed by atoms with Crippen LogP contribution in [0.1, 0.15) is 28.4 Å². The Morgan fingerprint density at radius 2 is 1.09 bits per heavy atom. The lowest BCUT2D eigenvalue weighted by Crippen LogP contribution is -2.58. The molecule has 1 aromatic heterocycles. The lowest BCUT2D eigenvalue weighted by Gasteiger charge is -2.32. The maximum Gasteiger partial charge on any atom is 0.433 e. The summed E-state index contributed by atoms with van der Waals surface area (Å²) in [7, 11) is 2.48. The SMILES string of the molecule is COc1ccc(CN(c2cc(C(F)(F)F)nc3c(C(F)(F)F)cccc23)C(O)C(=O)NC(C(=O)NC(N=C(N)N)C(=O)NC(N=C(N)N)C(=O)NC(N=C(N)N)C(=O)NC(N=C(N)N)C(N)=O)c2ccccc2)c(OC)c1. The molecule has 0 saturated carbocycles. The van der Waals surface area contributed by atoms with Crippen molar-refractivity contribution in [3.8, 4) is 11.5 Å². The van der Waals surface area contributed by atoms with Crippen molar-refractivity contribution in [1.29, 1.82) is 0 Å². The van der Waals surface area contributed by atoms with E-state index in [1.165, 1.54) is 62.8 Å². The molecular formula is C42H50F6N20O9. The van der Waals surface area contributed by atoms with Crippen LogP contribution in [-0.4, -0.2) is 114 Å². The summed E-state index contributed by atoms with van der Waals surface area (Å²) in [6, 6.07) is 11.3. The number of nitrogens with one attached hydrogen (secondary N) is 5. The molecule has 77 heavy (non-hydrogen) atoms. The van der Waals surface area contributed by atoms with E-state index in [2.05, 4.69) is 35.6 Å². The van der Waals surface area contributed by atoms with Crippen molar-refractivity contribution in [3.05, 3.63) is 95.2 Å². The summed E-state index contributed by atoms with van der Waals surface area (Å²) >= 11 is 0. The number of alkyl halides is 6. The molecular weight excluding hydrogens is 1040 g/mol. The number of primary amides is 1. The number of pyridine rings is 1. The number of fused-ring (bicyclic) bond motifs is 1. The fraction of sp³-hybridized carbons (Fsp3) is 0.262. The first-order valence-electron chi connectivity index (χ1n) is 21.4. The number of aliphatic imine (C=N–C) groups is 4. The van der Waals surface area contributed by atoms with Crippen molar-refractivity contribution >= 4 is 75.9 Å². The van der Waals surface area contributed by atoms with Gasteiger partial charge in [0.05, 0.1) is 31.0 Å². The smallest absolute Gasteiger partial charge is 0.433 e. The summed E-state index contributed by atoms with van der Waals surface area (Å²) in [4.78, 5) is 99.3. The van der Waals surface area contributed by atoms with Crippen molar-refractivity contribution < 1.29 is 69.7 Å². The van der Waals surface area contributed by atoms with Crippen LogP contribution in [0.2, 0.25) is 0 Å². The van der Waals surface area contributed by atoms with Crippen molar-refractivity contribution in [1.82, 2.24) is 31.6 Å². The van der Waals surface area contributed by atoms with Crippen LogP contribution in [0.25, 0.3) is 10.9 Å². The van der Waals surface area contributed by atoms with Gasteiger partial charge in [0.1, 0.15) is 23.2 Å². The lowest BCUT2D eigenvalue weighted by atomic mass is 10.0. The standard InChI is InChI=1S/C42H50F6N20O9/c1-76-18-12-11-17(22(13-18)77-2)15-68(21-14-23(42(46,47)48)58-25-19(21)9-6-10-20(25)41(43,44)45)36(75)35(74)59-24(16-7-4-3-5-8-16)31(70)61-28(65-38(52)53)33(72)63-30(67-40(56)57)34(73)62-29(66-39(54)55)32(71)60-27(26(49)69)64-37(50)51/h3-14,24,27-30,36,75H,15H2,1-2H3,(H2,49,69)(H,59,74)(H,60,71)(H,61,70)(H,62,73)(H,63,72)(H4,50,51,64)(H4,52,53,65)(H4,54,55,66)(H4,56,57,67). The second-order valence-corrected chi connectivity index (χ2v) is 15.5. The minimum Gasteiger partial charge on any atom is -0.497 e. The van der Waals surface area contributed by atoms with E-state index >= 15 is 0 Å². The number of aliphatic hydroxyl groups is 1. The van der Waals surface area contributed by atoms with Crippen LogP contribution in [0.3, 0.4) is 0 Å². The van der Waals surface area contributed by atoms with E-state index in [-0.39, 0.29) is 22.6 Å². The molecule has 35 heteroatoms. The van der Waals surface area contributed by atoms with E-state index in [1.807, 2.05) is 16.0 Å². The molecule has 1 heterocycles. The predicted octanol–water partition coefficient (Wildman–Crippen LogP) is -4.18. The number of ether oxygens (including phenoxy) is 2. The number of halogens is 6. The Hall–Kier alpha value is -10.1. The molecule has 24 N–H and O–H groups in total. The molecule has 0 radical (unpaired) electrons. The number of hydrogen-bond acceptors (Lipinski definition) is 15. The summed E-state index contributed by atoms with van der Waals surface area (Å²) in [6.07, 6.45) is -22.1. The van der Waals surface area contributed by atoms with Gasteiger partial charge in [-0.15, -0.1) is 0 Å². The first kappa shape index (κ1) is 59.5. The van der Waals surface area contributed by atoms with Crippen molar-refractivity contribution in [2.45, 2.75) is 55.8 Å². The van der Waals surface area contributed by atoms with Gasteiger partial charge in [-0.1, -0.05) is 42.5 Å². The van der Waals surface area contributed by atoms with Crippen LogP contribution in [-0.2, 0) is 47.7 Å². The number of aromatic nitrogens is 1. The molecule has 29 nitrogen and oxygen atoms in total. The topological polar surface area (TPSA) is 501 Å². The molecule has 4 rings (SSSR count). The van der Waals surface area contributed by atoms with Gasteiger partial charge in [0.2, 0.25) is 36.8 Å². The average Bonchev–Trinajstić information content (AvgIpc) is 3.34. The fourth-order valence-electron chi connectivity index (χ4n) is 6.71. The van der Waals surface area contributed by atoms with Gasteiger partial charge in [0.15, 0.2) is 23.8 Å². The highest BCUT2D eigenvalue weighted by Gasteiger charge is 2.40. The fourth-order valence-corrected chi connectivity index (χ4v) is 6.71. The molecule has 3 aromatic carbocycles. The summed E-state index contributed by atoms with van der Waals surface area (Å²) in [5.41, 5.74) is 43.1. The number of benzene rings is 3. The average molecular weight is 1090 g/mol. The number of rotatable bonds is 22.